The molecular weight excluding hydrogens is 234 g/mol. The maximum atomic E-state index is 5.56. The van der Waals surface area contributed by atoms with Gasteiger partial charge in [-0.05, 0) is 31.0 Å². The summed E-state index contributed by atoms with van der Waals surface area (Å²) in [5.74, 6) is 1.66. The van der Waals surface area contributed by atoms with Crippen LogP contribution in [0.25, 0.3) is 0 Å². The van der Waals surface area contributed by atoms with Gasteiger partial charge in [-0.3, -0.25) is 5.10 Å². The fourth-order valence-corrected chi connectivity index (χ4v) is 1.88. The molecule has 0 aromatic carbocycles. The maximum absolute atomic E-state index is 5.56. The fourth-order valence-electron chi connectivity index (χ4n) is 1.64. The first-order valence-corrected chi connectivity index (χ1v) is 6.77. The highest BCUT2D eigenvalue weighted by Gasteiger charge is 2.04. The van der Waals surface area contributed by atoms with E-state index >= 15 is 0 Å². The molecule has 0 aliphatic carbocycles. The third-order valence-corrected chi connectivity index (χ3v) is 2.74. The Morgan fingerprint density at radius 1 is 1.47 bits per heavy atom. The summed E-state index contributed by atoms with van der Waals surface area (Å²) in [6.07, 6.45) is 3.04. The number of aromatic nitrogens is 3. The number of aromatic amines is 1. The number of nitrogens with one attached hydrogen (secondary N) is 1. The molecule has 1 N–H and O–H groups in total. The Morgan fingerprint density at radius 3 is 2.88 bits per heavy atom. The van der Waals surface area contributed by atoms with E-state index in [2.05, 4.69) is 35.5 Å². The van der Waals surface area contributed by atoms with E-state index in [9.17, 15) is 0 Å². The highest BCUT2D eigenvalue weighted by Crippen LogP contribution is 2.03. The lowest BCUT2D eigenvalue weighted by atomic mass is 10.2. The Kier molecular flexibility index (Phi) is 6.44. The third kappa shape index (κ3) is 5.00. The molecule has 4 nitrogen and oxygen atoms in total. The Bertz CT molecular complexity index is 370. The Labute approximate surface area is 108 Å². The van der Waals surface area contributed by atoms with Gasteiger partial charge in [0.15, 0.2) is 4.77 Å². The second kappa shape index (κ2) is 7.61. The molecule has 5 heteroatoms. The molecular formula is C12H23N3OS. The summed E-state index contributed by atoms with van der Waals surface area (Å²) in [4.78, 5) is 0. The van der Waals surface area contributed by atoms with Gasteiger partial charge in [0.05, 0.1) is 0 Å². The zero-order valence-electron chi connectivity index (χ0n) is 11.0. The second-order valence-electron chi connectivity index (χ2n) is 4.67. The number of H-pyrrole nitrogens is 1. The molecule has 1 aromatic rings. The molecule has 1 rings (SSSR count). The Hall–Kier alpha value is -0.680. The van der Waals surface area contributed by atoms with Crippen molar-refractivity contribution in [1.82, 2.24) is 14.8 Å². The zero-order valence-corrected chi connectivity index (χ0v) is 11.8. The average molecular weight is 257 g/mol. The molecule has 1 aromatic heterocycles. The van der Waals surface area contributed by atoms with Crippen LogP contribution in [-0.2, 0) is 17.7 Å². The van der Waals surface area contributed by atoms with Crippen LogP contribution in [-0.4, -0.2) is 28.0 Å². The number of hydrogen-bond acceptors (Lipinski definition) is 3. The third-order valence-electron chi connectivity index (χ3n) is 2.43. The molecule has 0 radical (unpaired) electrons. The Balaban J connectivity index is 2.35. The minimum atomic E-state index is 0.599. The standard InChI is InChI=1S/C12H23N3OS/c1-4-6-11-13-14-12(17)15(11)7-5-8-16-9-10(2)3/h10H,4-9H2,1-3H3,(H,14,17). The summed E-state index contributed by atoms with van der Waals surface area (Å²) in [7, 11) is 0. The van der Waals surface area contributed by atoms with E-state index in [-0.39, 0.29) is 0 Å². The summed E-state index contributed by atoms with van der Waals surface area (Å²) in [6, 6.07) is 0. The van der Waals surface area contributed by atoms with Crippen molar-refractivity contribution in [2.45, 2.75) is 46.6 Å². The largest absolute Gasteiger partial charge is 0.381 e. The van der Waals surface area contributed by atoms with Gasteiger partial charge in [-0.1, -0.05) is 20.8 Å². The van der Waals surface area contributed by atoms with E-state index in [4.69, 9.17) is 17.0 Å². The lowest BCUT2D eigenvalue weighted by Crippen LogP contribution is -2.09. The van der Waals surface area contributed by atoms with Crippen LogP contribution in [0.4, 0.5) is 0 Å². The van der Waals surface area contributed by atoms with Gasteiger partial charge in [0, 0.05) is 26.2 Å². The predicted molar refractivity (Wildman–Crippen MR) is 71.7 cm³/mol. The molecule has 0 fully saturated rings. The van der Waals surface area contributed by atoms with Crippen LogP contribution in [0.3, 0.4) is 0 Å². The van der Waals surface area contributed by atoms with E-state index < -0.39 is 0 Å². The number of ether oxygens (including phenoxy) is 1. The molecule has 0 saturated carbocycles. The molecule has 0 amide bonds. The van der Waals surface area contributed by atoms with Crippen molar-refractivity contribution in [3.8, 4) is 0 Å². The van der Waals surface area contributed by atoms with Gasteiger partial charge in [0.2, 0.25) is 0 Å². The smallest absolute Gasteiger partial charge is 0.195 e. The van der Waals surface area contributed by atoms with Crippen LogP contribution in [0, 0.1) is 10.7 Å². The van der Waals surface area contributed by atoms with Crippen LogP contribution in [0.15, 0.2) is 0 Å². The van der Waals surface area contributed by atoms with Crippen molar-refractivity contribution < 1.29 is 4.74 Å². The molecule has 98 valence electrons. The summed E-state index contributed by atoms with van der Waals surface area (Å²) in [5.41, 5.74) is 0. The van der Waals surface area contributed by atoms with Crippen LogP contribution in [0.2, 0.25) is 0 Å². The predicted octanol–water partition coefficient (Wildman–Crippen LogP) is 2.96. The van der Waals surface area contributed by atoms with Crippen LogP contribution in [0.5, 0.6) is 0 Å². The Morgan fingerprint density at radius 2 is 2.24 bits per heavy atom. The van der Waals surface area contributed by atoms with E-state index in [1.165, 1.54) is 0 Å². The average Bonchev–Trinajstić information content (AvgIpc) is 2.61. The topological polar surface area (TPSA) is 42.8 Å². The second-order valence-corrected chi connectivity index (χ2v) is 5.06. The van der Waals surface area contributed by atoms with Gasteiger partial charge >= 0.3 is 0 Å². The number of nitrogens with zero attached hydrogens (tertiary/aromatic N) is 2. The summed E-state index contributed by atoms with van der Waals surface area (Å²) >= 11 is 5.21. The quantitative estimate of drug-likeness (QED) is 0.575. The van der Waals surface area contributed by atoms with E-state index in [0.29, 0.717) is 5.92 Å². The minimum absolute atomic E-state index is 0.599. The summed E-state index contributed by atoms with van der Waals surface area (Å²) < 4.78 is 8.36. The normalized spacial score (nSPS) is 11.3. The van der Waals surface area contributed by atoms with E-state index in [1.54, 1.807) is 0 Å². The van der Waals surface area contributed by atoms with Gasteiger partial charge in [0.1, 0.15) is 5.82 Å². The van der Waals surface area contributed by atoms with Crippen LogP contribution in [0.1, 0.15) is 39.4 Å². The molecule has 0 saturated heterocycles. The first-order chi connectivity index (χ1) is 8.15. The summed E-state index contributed by atoms with van der Waals surface area (Å²) in [6.45, 7) is 8.98. The first kappa shape index (κ1) is 14.4. The van der Waals surface area contributed by atoms with Gasteiger partial charge in [0.25, 0.3) is 0 Å². The zero-order chi connectivity index (χ0) is 12.7. The van der Waals surface area contributed by atoms with Crippen LogP contribution >= 0.6 is 12.2 Å². The van der Waals surface area contributed by atoms with Gasteiger partial charge in [-0.25, -0.2) is 0 Å². The molecule has 17 heavy (non-hydrogen) atoms. The maximum Gasteiger partial charge on any atom is 0.195 e. The monoisotopic (exact) mass is 257 g/mol. The minimum Gasteiger partial charge on any atom is -0.381 e. The lowest BCUT2D eigenvalue weighted by molar-refractivity contribution is 0.105. The molecule has 0 bridgehead atoms. The molecule has 0 unspecified atom stereocenters. The van der Waals surface area contributed by atoms with E-state index in [1.807, 2.05) is 0 Å². The van der Waals surface area contributed by atoms with Crippen LogP contribution < -0.4 is 0 Å². The highest BCUT2D eigenvalue weighted by atomic mass is 32.1. The lowest BCUT2D eigenvalue weighted by Gasteiger charge is -2.08. The fraction of sp³-hybridized carbons (Fsp3) is 0.833. The van der Waals surface area contributed by atoms with E-state index in [0.717, 1.165) is 49.6 Å². The van der Waals surface area contributed by atoms with Crippen molar-refractivity contribution in [2.75, 3.05) is 13.2 Å². The SMILES string of the molecule is CCCc1n[nH]c(=S)n1CCCOCC(C)C. The highest BCUT2D eigenvalue weighted by molar-refractivity contribution is 7.71. The van der Waals surface area contributed by atoms with Gasteiger partial charge in [-0.15, -0.1) is 0 Å². The van der Waals surface area contributed by atoms with Crippen molar-refractivity contribution in [1.29, 1.82) is 0 Å². The number of aryl methyl sites for hydroxylation is 1. The van der Waals surface area contributed by atoms with Gasteiger partial charge < -0.3 is 9.30 Å². The molecule has 0 aliphatic rings. The van der Waals surface area contributed by atoms with Crippen molar-refractivity contribution in [3.63, 3.8) is 0 Å². The van der Waals surface area contributed by atoms with Crippen molar-refractivity contribution >= 4 is 12.2 Å². The first-order valence-electron chi connectivity index (χ1n) is 6.37. The molecule has 0 spiro atoms. The van der Waals surface area contributed by atoms with Gasteiger partial charge in [-0.2, -0.15) is 5.10 Å². The van der Waals surface area contributed by atoms with Crippen molar-refractivity contribution in [3.05, 3.63) is 10.6 Å². The molecule has 0 atom stereocenters. The molecule has 1 heterocycles. The number of rotatable bonds is 8. The summed E-state index contributed by atoms with van der Waals surface area (Å²) in [5, 5.41) is 7.09. The van der Waals surface area contributed by atoms with Crippen molar-refractivity contribution in [2.24, 2.45) is 5.92 Å². The number of hydrogen-bond donors (Lipinski definition) is 1. The molecule has 0 aliphatic heterocycles.